The zero-order chi connectivity index (χ0) is 18.7. The number of likely N-dealkylation sites (tertiary alicyclic amines) is 1. The van der Waals surface area contributed by atoms with Crippen LogP contribution >= 0.6 is 0 Å². The molecule has 0 aromatic carbocycles. The normalized spacial score (nSPS) is 16.8. The van der Waals surface area contributed by atoms with Crippen LogP contribution in [0.1, 0.15) is 50.7 Å². The molecule has 0 aliphatic carbocycles. The highest BCUT2D eigenvalue weighted by molar-refractivity contribution is 5.10. The molecular formula is C20H29N5O. The first-order valence-electron chi connectivity index (χ1n) is 9.39. The van der Waals surface area contributed by atoms with Gasteiger partial charge in [0, 0.05) is 37.0 Å². The highest BCUT2D eigenvalue weighted by atomic mass is 16.1. The van der Waals surface area contributed by atoms with E-state index in [4.69, 9.17) is 0 Å². The number of hydrogen-bond acceptors (Lipinski definition) is 5. The summed E-state index contributed by atoms with van der Waals surface area (Å²) in [5.41, 5.74) is 2.88. The monoisotopic (exact) mass is 355 g/mol. The van der Waals surface area contributed by atoms with Crippen molar-refractivity contribution in [3.8, 4) is 0 Å². The van der Waals surface area contributed by atoms with Crippen molar-refractivity contribution in [1.29, 1.82) is 0 Å². The Morgan fingerprint density at radius 3 is 2.42 bits per heavy atom. The fraction of sp³-hybridized carbons (Fsp3) is 0.600. The highest BCUT2D eigenvalue weighted by Crippen LogP contribution is 2.21. The summed E-state index contributed by atoms with van der Waals surface area (Å²) in [5.74, 6) is 0.522. The summed E-state index contributed by atoms with van der Waals surface area (Å²) in [7, 11) is 0. The van der Waals surface area contributed by atoms with Crippen molar-refractivity contribution in [1.82, 2.24) is 24.4 Å². The van der Waals surface area contributed by atoms with Gasteiger partial charge in [-0.1, -0.05) is 20.8 Å². The second-order valence-corrected chi connectivity index (χ2v) is 8.32. The minimum Gasteiger partial charge on any atom is -0.299 e. The Balaban J connectivity index is 1.56. The lowest BCUT2D eigenvalue weighted by Gasteiger charge is -2.32. The lowest BCUT2D eigenvalue weighted by molar-refractivity contribution is 0.164. The lowest BCUT2D eigenvalue weighted by atomic mass is 9.92. The van der Waals surface area contributed by atoms with E-state index in [0.29, 0.717) is 5.92 Å². The molecule has 0 spiro atoms. The van der Waals surface area contributed by atoms with Crippen LogP contribution in [0.3, 0.4) is 0 Å². The van der Waals surface area contributed by atoms with Crippen molar-refractivity contribution in [2.45, 2.75) is 59.0 Å². The van der Waals surface area contributed by atoms with Gasteiger partial charge in [0.15, 0.2) is 0 Å². The van der Waals surface area contributed by atoms with Crippen molar-refractivity contribution in [3.05, 3.63) is 52.2 Å². The van der Waals surface area contributed by atoms with Crippen molar-refractivity contribution < 1.29 is 0 Å². The first kappa shape index (κ1) is 18.7. The van der Waals surface area contributed by atoms with Crippen LogP contribution in [0.4, 0.5) is 0 Å². The van der Waals surface area contributed by atoms with Gasteiger partial charge in [-0.3, -0.25) is 24.2 Å². The Kier molecular flexibility index (Phi) is 5.51. The van der Waals surface area contributed by atoms with Gasteiger partial charge in [-0.15, -0.1) is 0 Å². The SMILES string of the molecule is Cc1nccnc1CN1CCC(Cn2cnc(C(C)(C)C)cc2=O)CC1. The fourth-order valence-corrected chi connectivity index (χ4v) is 3.38. The topological polar surface area (TPSA) is 63.9 Å². The molecule has 0 saturated carbocycles. The van der Waals surface area contributed by atoms with Crippen LogP contribution in [0.25, 0.3) is 0 Å². The molecule has 2 aromatic heterocycles. The molecule has 6 heteroatoms. The first-order valence-corrected chi connectivity index (χ1v) is 9.39. The van der Waals surface area contributed by atoms with Crippen LogP contribution in [-0.4, -0.2) is 37.5 Å². The predicted octanol–water partition coefficient (Wildman–Crippen LogP) is 2.55. The molecule has 1 saturated heterocycles. The summed E-state index contributed by atoms with van der Waals surface area (Å²) < 4.78 is 1.77. The molecule has 0 amide bonds. The fourth-order valence-electron chi connectivity index (χ4n) is 3.38. The second-order valence-electron chi connectivity index (χ2n) is 8.32. The maximum absolute atomic E-state index is 12.4. The van der Waals surface area contributed by atoms with E-state index >= 15 is 0 Å². The largest absolute Gasteiger partial charge is 0.299 e. The van der Waals surface area contributed by atoms with Gasteiger partial charge in [-0.05, 0) is 38.8 Å². The molecule has 6 nitrogen and oxygen atoms in total. The molecule has 0 N–H and O–H groups in total. The molecule has 0 bridgehead atoms. The summed E-state index contributed by atoms with van der Waals surface area (Å²) in [6, 6.07) is 1.69. The smallest absolute Gasteiger partial charge is 0.253 e. The molecule has 26 heavy (non-hydrogen) atoms. The quantitative estimate of drug-likeness (QED) is 0.843. The van der Waals surface area contributed by atoms with E-state index < -0.39 is 0 Å². The van der Waals surface area contributed by atoms with Gasteiger partial charge in [0.05, 0.1) is 23.4 Å². The molecule has 140 valence electrons. The predicted molar refractivity (Wildman–Crippen MR) is 102 cm³/mol. The maximum atomic E-state index is 12.4. The lowest BCUT2D eigenvalue weighted by Crippen LogP contribution is -2.36. The zero-order valence-electron chi connectivity index (χ0n) is 16.3. The minimum atomic E-state index is -0.0952. The standard InChI is InChI=1S/C20H29N5O/c1-15-17(22-8-7-21-15)13-24-9-5-16(6-10-24)12-25-14-23-18(11-19(25)26)20(2,3)4/h7-8,11,14,16H,5-6,9-10,12-13H2,1-4H3. The van der Waals surface area contributed by atoms with Gasteiger partial charge >= 0.3 is 0 Å². The van der Waals surface area contributed by atoms with Crippen LogP contribution in [0.15, 0.2) is 29.6 Å². The van der Waals surface area contributed by atoms with E-state index in [1.807, 2.05) is 6.92 Å². The highest BCUT2D eigenvalue weighted by Gasteiger charge is 2.22. The number of nitrogens with zero attached hydrogens (tertiary/aromatic N) is 5. The third-order valence-corrected chi connectivity index (χ3v) is 5.17. The third-order valence-electron chi connectivity index (χ3n) is 5.17. The Morgan fingerprint density at radius 2 is 1.81 bits per heavy atom. The molecular weight excluding hydrogens is 326 g/mol. The van der Waals surface area contributed by atoms with Crippen LogP contribution < -0.4 is 5.56 Å². The Morgan fingerprint density at radius 1 is 1.12 bits per heavy atom. The summed E-state index contributed by atoms with van der Waals surface area (Å²) in [6.07, 6.45) is 7.40. The second kappa shape index (κ2) is 7.66. The van der Waals surface area contributed by atoms with Crippen LogP contribution in [0, 0.1) is 12.8 Å². The van der Waals surface area contributed by atoms with Crippen molar-refractivity contribution in [2.75, 3.05) is 13.1 Å². The van der Waals surface area contributed by atoms with Gasteiger partial charge in [0.25, 0.3) is 5.56 Å². The van der Waals surface area contributed by atoms with E-state index in [1.165, 1.54) is 0 Å². The average molecular weight is 355 g/mol. The summed E-state index contributed by atoms with van der Waals surface area (Å²) >= 11 is 0. The first-order chi connectivity index (χ1) is 12.3. The zero-order valence-corrected chi connectivity index (χ0v) is 16.3. The third kappa shape index (κ3) is 4.55. The van der Waals surface area contributed by atoms with Gasteiger partial charge < -0.3 is 0 Å². The molecule has 0 atom stereocenters. The summed E-state index contributed by atoms with van der Waals surface area (Å²) in [4.78, 5) is 28.1. The molecule has 0 unspecified atom stereocenters. The summed E-state index contributed by atoms with van der Waals surface area (Å²) in [5, 5.41) is 0. The molecule has 1 aliphatic heterocycles. The Hall–Kier alpha value is -2.08. The molecule has 0 radical (unpaired) electrons. The van der Waals surface area contributed by atoms with Crippen molar-refractivity contribution in [2.24, 2.45) is 5.92 Å². The number of aromatic nitrogens is 4. The maximum Gasteiger partial charge on any atom is 0.253 e. The molecule has 3 rings (SSSR count). The minimum absolute atomic E-state index is 0.0579. The van der Waals surface area contributed by atoms with Gasteiger partial charge in [0.1, 0.15) is 0 Å². The molecule has 3 heterocycles. The molecule has 2 aromatic rings. The van der Waals surface area contributed by atoms with E-state index in [-0.39, 0.29) is 11.0 Å². The number of hydrogen-bond donors (Lipinski definition) is 0. The van der Waals surface area contributed by atoms with Gasteiger partial charge in [0.2, 0.25) is 0 Å². The van der Waals surface area contributed by atoms with E-state index in [1.54, 1.807) is 29.4 Å². The van der Waals surface area contributed by atoms with Crippen molar-refractivity contribution >= 4 is 0 Å². The van der Waals surface area contributed by atoms with E-state index in [0.717, 1.165) is 56.1 Å². The number of piperidine rings is 1. The van der Waals surface area contributed by atoms with Crippen molar-refractivity contribution in [3.63, 3.8) is 0 Å². The average Bonchev–Trinajstić information content (AvgIpc) is 2.59. The number of aryl methyl sites for hydroxylation is 1. The van der Waals surface area contributed by atoms with E-state index in [2.05, 4.69) is 40.6 Å². The van der Waals surface area contributed by atoms with Gasteiger partial charge in [-0.2, -0.15) is 0 Å². The summed E-state index contributed by atoms with van der Waals surface area (Å²) in [6.45, 7) is 11.9. The Labute approximate surface area is 155 Å². The van der Waals surface area contributed by atoms with Crippen LogP contribution in [0.2, 0.25) is 0 Å². The Bertz CT molecular complexity index is 800. The molecule has 1 aliphatic rings. The van der Waals surface area contributed by atoms with Crippen LogP contribution in [0.5, 0.6) is 0 Å². The van der Waals surface area contributed by atoms with E-state index in [9.17, 15) is 4.79 Å². The van der Waals surface area contributed by atoms with Crippen LogP contribution in [-0.2, 0) is 18.5 Å². The van der Waals surface area contributed by atoms with Gasteiger partial charge in [-0.25, -0.2) is 4.98 Å². The molecule has 1 fully saturated rings. The number of rotatable bonds is 4.